The van der Waals surface area contributed by atoms with E-state index in [4.69, 9.17) is 0 Å². The highest BCUT2D eigenvalue weighted by Gasteiger charge is 2.31. The molecule has 1 fully saturated rings. The van der Waals surface area contributed by atoms with E-state index in [1.807, 2.05) is 0 Å². The Kier molecular flexibility index (Phi) is 4.75. The number of likely N-dealkylation sites (tertiary alicyclic amines) is 1. The summed E-state index contributed by atoms with van der Waals surface area (Å²) in [6, 6.07) is 4.87. The third-order valence-electron chi connectivity index (χ3n) is 3.42. The lowest BCUT2D eigenvalue weighted by Crippen LogP contribution is -2.33. The molecule has 1 heterocycles. The van der Waals surface area contributed by atoms with Crippen molar-refractivity contribution >= 4 is 27.7 Å². The molecule has 1 aliphatic rings. The molecule has 0 unspecified atom stereocenters. The third-order valence-corrected chi connectivity index (χ3v) is 3.91. The maximum absolute atomic E-state index is 13.6. The van der Waals surface area contributed by atoms with Crippen LogP contribution in [0.15, 0.2) is 22.7 Å². The molecule has 0 bridgehead atoms. The lowest BCUT2D eigenvalue weighted by Gasteiger charge is -2.11. The summed E-state index contributed by atoms with van der Waals surface area (Å²) in [6.07, 6.45) is 0.691. The lowest BCUT2D eigenvalue weighted by molar-refractivity contribution is -0.128. The van der Waals surface area contributed by atoms with Gasteiger partial charge in [-0.25, -0.2) is 4.39 Å². The third kappa shape index (κ3) is 3.56. The minimum absolute atomic E-state index is 0.0101. The van der Waals surface area contributed by atoms with E-state index in [0.29, 0.717) is 29.5 Å². The number of amides is 2. The van der Waals surface area contributed by atoms with Crippen LogP contribution in [0.25, 0.3) is 0 Å². The van der Waals surface area contributed by atoms with Gasteiger partial charge in [0, 0.05) is 31.0 Å². The van der Waals surface area contributed by atoms with Crippen LogP contribution in [0.4, 0.5) is 4.39 Å². The van der Waals surface area contributed by atoms with Crippen LogP contribution in [0.1, 0.15) is 12.0 Å². The highest BCUT2D eigenvalue weighted by molar-refractivity contribution is 9.10. The van der Waals surface area contributed by atoms with E-state index < -0.39 is 0 Å². The molecule has 1 saturated heterocycles. The summed E-state index contributed by atoms with van der Waals surface area (Å²) in [5.41, 5.74) is 0.563. The molecule has 1 aliphatic heterocycles. The second kappa shape index (κ2) is 6.35. The van der Waals surface area contributed by atoms with E-state index >= 15 is 0 Å². The lowest BCUT2D eigenvalue weighted by atomic mass is 10.1. The summed E-state index contributed by atoms with van der Waals surface area (Å²) < 4.78 is 14.3. The summed E-state index contributed by atoms with van der Waals surface area (Å²) in [7, 11) is 1.69. The number of carbonyl (C=O) groups is 2. The number of rotatable bonds is 4. The average Bonchev–Trinajstić information content (AvgIpc) is 2.72. The van der Waals surface area contributed by atoms with E-state index in [-0.39, 0.29) is 30.0 Å². The van der Waals surface area contributed by atoms with Crippen molar-refractivity contribution in [2.75, 3.05) is 20.1 Å². The number of halogens is 2. The van der Waals surface area contributed by atoms with Crippen LogP contribution in [0.3, 0.4) is 0 Å². The minimum atomic E-state index is -0.290. The molecule has 2 rings (SSSR count). The standard InChI is InChI=1S/C14H16BrFN2O2/c1-18-8-10(6-13(18)19)14(20)17-5-4-9-2-3-11(15)7-12(9)16/h2-3,7,10H,4-6,8H2,1H3,(H,17,20)/t10-/m0/s1. The normalized spacial score (nSPS) is 18.4. The molecule has 0 saturated carbocycles. The molecule has 1 aromatic carbocycles. The van der Waals surface area contributed by atoms with E-state index in [1.54, 1.807) is 24.1 Å². The zero-order valence-corrected chi connectivity index (χ0v) is 12.7. The molecule has 1 atom stereocenters. The van der Waals surface area contributed by atoms with Gasteiger partial charge in [-0.15, -0.1) is 0 Å². The molecule has 4 nitrogen and oxygen atoms in total. The molecule has 2 amide bonds. The second-order valence-electron chi connectivity index (χ2n) is 4.95. The summed E-state index contributed by atoms with van der Waals surface area (Å²) in [5.74, 6) is -0.726. The van der Waals surface area contributed by atoms with Crippen molar-refractivity contribution in [3.63, 3.8) is 0 Å². The minimum Gasteiger partial charge on any atom is -0.355 e. The monoisotopic (exact) mass is 342 g/mol. The van der Waals surface area contributed by atoms with E-state index in [0.717, 1.165) is 0 Å². The van der Waals surface area contributed by atoms with Crippen LogP contribution >= 0.6 is 15.9 Å². The maximum Gasteiger partial charge on any atom is 0.225 e. The van der Waals surface area contributed by atoms with Crippen molar-refractivity contribution < 1.29 is 14.0 Å². The quantitative estimate of drug-likeness (QED) is 0.905. The molecular formula is C14H16BrFN2O2. The predicted octanol–water partition coefficient (Wildman–Crippen LogP) is 1.73. The zero-order chi connectivity index (χ0) is 14.7. The number of hydrogen-bond acceptors (Lipinski definition) is 2. The Hall–Kier alpha value is -1.43. The van der Waals surface area contributed by atoms with Crippen LogP contribution in [0, 0.1) is 11.7 Å². The van der Waals surface area contributed by atoms with Crippen LogP contribution in [0.5, 0.6) is 0 Å². The molecule has 108 valence electrons. The molecule has 0 radical (unpaired) electrons. The van der Waals surface area contributed by atoms with E-state index in [9.17, 15) is 14.0 Å². The van der Waals surface area contributed by atoms with Crippen molar-refractivity contribution in [1.29, 1.82) is 0 Å². The smallest absolute Gasteiger partial charge is 0.225 e. The second-order valence-corrected chi connectivity index (χ2v) is 5.87. The largest absolute Gasteiger partial charge is 0.355 e. The van der Waals surface area contributed by atoms with Crippen molar-refractivity contribution in [3.05, 3.63) is 34.1 Å². The van der Waals surface area contributed by atoms with E-state index in [1.165, 1.54) is 6.07 Å². The van der Waals surface area contributed by atoms with E-state index in [2.05, 4.69) is 21.2 Å². The highest BCUT2D eigenvalue weighted by Crippen LogP contribution is 2.17. The number of nitrogens with one attached hydrogen (secondary N) is 1. The molecule has 1 aromatic rings. The summed E-state index contributed by atoms with van der Waals surface area (Å²) in [6.45, 7) is 0.823. The van der Waals surface area contributed by atoms with Gasteiger partial charge in [0.15, 0.2) is 0 Å². The number of benzene rings is 1. The van der Waals surface area contributed by atoms with Gasteiger partial charge >= 0.3 is 0 Å². The van der Waals surface area contributed by atoms with Crippen LogP contribution < -0.4 is 5.32 Å². The van der Waals surface area contributed by atoms with Gasteiger partial charge in [0.05, 0.1) is 5.92 Å². The first-order valence-electron chi connectivity index (χ1n) is 6.43. The van der Waals surface area contributed by atoms with Crippen molar-refractivity contribution in [1.82, 2.24) is 10.2 Å². The first kappa shape index (κ1) is 15.0. The predicted molar refractivity (Wildman–Crippen MR) is 76.6 cm³/mol. The van der Waals surface area contributed by atoms with Gasteiger partial charge in [0.2, 0.25) is 11.8 Å². The average molecular weight is 343 g/mol. The molecular weight excluding hydrogens is 327 g/mol. The first-order chi connectivity index (χ1) is 9.47. The Morgan fingerprint density at radius 3 is 2.90 bits per heavy atom. The van der Waals surface area contributed by atoms with Gasteiger partial charge in [-0.3, -0.25) is 9.59 Å². The SMILES string of the molecule is CN1C[C@@H](C(=O)NCCc2ccc(Br)cc2F)CC1=O. The van der Waals surface area contributed by atoms with Crippen molar-refractivity contribution in [2.45, 2.75) is 12.8 Å². The Balaban J connectivity index is 1.81. The zero-order valence-electron chi connectivity index (χ0n) is 11.2. The van der Waals surface area contributed by atoms with Crippen LogP contribution in [-0.4, -0.2) is 36.9 Å². The van der Waals surface area contributed by atoms with Gasteiger partial charge < -0.3 is 10.2 Å². The maximum atomic E-state index is 13.6. The molecule has 6 heteroatoms. The van der Waals surface area contributed by atoms with Gasteiger partial charge in [-0.2, -0.15) is 0 Å². The number of carbonyl (C=O) groups excluding carboxylic acids is 2. The summed E-state index contributed by atoms with van der Waals surface area (Å²) >= 11 is 3.20. The fraction of sp³-hybridized carbons (Fsp3) is 0.429. The molecule has 0 aromatic heterocycles. The Morgan fingerprint density at radius 1 is 1.55 bits per heavy atom. The fourth-order valence-electron chi connectivity index (χ4n) is 2.23. The van der Waals surface area contributed by atoms with Crippen molar-refractivity contribution in [2.24, 2.45) is 5.92 Å². The molecule has 0 spiro atoms. The number of nitrogens with zero attached hydrogens (tertiary/aromatic N) is 1. The van der Waals surface area contributed by atoms with Crippen LogP contribution in [0.2, 0.25) is 0 Å². The van der Waals surface area contributed by atoms with Crippen molar-refractivity contribution in [3.8, 4) is 0 Å². The Labute approximate surface area is 125 Å². The first-order valence-corrected chi connectivity index (χ1v) is 7.22. The van der Waals surface area contributed by atoms with Gasteiger partial charge in [0.25, 0.3) is 0 Å². The Morgan fingerprint density at radius 2 is 2.30 bits per heavy atom. The van der Waals surface area contributed by atoms with Crippen LogP contribution in [-0.2, 0) is 16.0 Å². The fourth-order valence-corrected chi connectivity index (χ4v) is 2.56. The van der Waals surface area contributed by atoms with Gasteiger partial charge in [-0.1, -0.05) is 22.0 Å². The summed E-state index contributed by atoms with van der Waals surface area (Å²) in [4.78, 5) is 24.8. The molecule has 0 aliphatic carbocycles. The van der Waals surface area contributed by atoms with Gasteiger partial charge in [-0.05, 0) is 24.1 Å². The summed E-state index contributed by atoms with van der Waals surface area (Å²) in [5, 5.41) is 2.76. The Bertz CT molecular complexity index is 536. The molecule has 20 heavy (non-hydrogen) atoms. The van der Waals surface area contributed by atoms with Gasteiger partial charge in [0.1, 0.15) is 5.82 Å². The molecule has 1 N–H and O–H groups in total. The highest BCUT2D eigenvalue weighted by atomic mass is 79.9. The number of hydrogen-bond donors (Lipinski definition) is 1. The topological polar surface area (TPSA) is 49.4 Å².